The van der Waals surface area contributed by atoms with Gasteiger partial charge < -0.3 is 4.74 Å². The second-order valence-corrected chi connectivity index (χ2v) is 6.31. The maximum Gasteiger partial charge on any atom is 0.0698 e. The standard InChI is InChI=1S/C19H22O/c1-15-12-19(2,20-14-15)13-16-8-10-18(11-9-16)17-6-4-3-5-7-17/h3-11,15H,12-14H2,1-2H3/t15-,19-/m0/s1. The van der Waals surface area contributed by atoms with E-state index in [0.29, 0.717) is 5.92 Å². The summed E-state index contributed by atoms with van der Waals surface area (Å²) in [6.07, 6.45) is 2.17. The summed E-state index contributed by atoms with van der Waals surface area (Å²) < 4.78 is 5.97. The van der Waals surface area contributed by atoms with Crippen molar-refractivity contribution in [2.24, 2.45) is 5.92 Å². The summed E-state index contributed by atoms with van der Waals surface area (Å²) in [7, 11) is 0. The summed E-state index contributed by atoms with van der Waals surface area (Å²) in [5, 5.41) is 0. The molecule has 0 saturated carbocycles. The normalized spacial score (nSPS) is 25.8. The van der Waals surface area contributed by atoms with E-state index in [-0.39, 0.29) is 5.60 Å². The van der Waals surface area contributed by atoms with Crippen LogP contribution in [0.15, 0.2) is 54.6 Å². The first kappa shape index (κ1) is 13.4. The van der Waals surface area contributed by atoms with Crippen LogP contribution in [0, 0.1) is 5.92 Å². The summed E-state index contributed by atoms with van der Waals surface area (Å²) in [6, 6.07) is 19.4. The van der Waals surface area contributed by atoms with Gasteiger partial charge in [0, 0.05) is 13.0 Å². The third kappa shape index (κ3) is 2.94. The molecule has 0 N–H and O–H groups in total. The van der Waals surface area contributed by atoms with Gasteiger partial charge in [-0.1, -0.05) is 61.5 Å². The van der Waals surface area contributed by atoms with Crippen LogP contribution in [-0.2, 0) is 11.2 Å². The lowest BCUT2D eigenvalue weighted by atomic mass is 9.90. The largest absolute Gasteiger partial charge is 0.375 e. The van der Waals surface area contributed by atoms with Crippen LogP contribution < -0.4 is 0 Å². The average Bonchev–Trinajstić information content (AvgIpc) is 2.80. The summed E-state index contributed by atoms with van der Waals surface area (Å²) in [4.78, 5) is 0. The molecule has 0 radical (unpaired) electrons. The monoisotopic (exact) mass is 266 g/mol. The summed E-state index contributed by atoms with van der Waals surface area (Å²) in [6.45, 7) is 5.41. The molecule has 0 aliphatic carbocycles. The Balaban J connectivity index is 1.74. The van der Waals surface area contributed by atoms with Crippen LogP contribution in [-0.4, -0.2) is 12.2 Å². The fraction of sp³-hybridized carbons (Fsp3) is 0.368. The molecule has 0 spiro atoms. The quantitative estimate of drug-likeness (QED) is 0.781. The van der Waals surface area contributed by atoms with Crippen LogP contribution in [0.4, 0.5) is 0 Å². The molecule has 0 unspecified atom stereocenters. The molecule has 1 aliphatic heterocycles. The van der Waals surface area contributed by atoms with Crippen molar-refractivity contribution in [1.82, 2.24) is 0 Å². The maximum atomic E-state index is 5.97. The lowest BCUT2D eigenvalue weighted by molar-refractivity contribution is 0.0197. The van der Waals surface area contributed by atoms with Crippen molar-refractivity contribution >= 4 is 0 Å². The van der Waals surface area contributed by atoms with Crippen LogP contribution in [0.1, 0.15) is 25.8 Å². The van der Waals surface area contributed by atoms with E-state index in [4.69, 9.17) is 4.74 Å². The molecule has 104 valence electrons. The third-order valence-electron chi connectivity index (χ3n) is 4.14. The van der Waals surface area contributed by atoms with Crippen molar-refractivity contribution in [3.63, 3.8) is 0 Å². The summed E-state index contributed by atoms with van der Waals surface area (Å²) in [5.74, 6) is 0.684. The lowest BCUT2D eigenvalue weighted by Crippen LogP contribution is -2.26. The van der Waals surface area contributed by atoms with Gasteiger partial charge in [-0.15, -0.1) is 0 Å². The van der Waals surface area contributed by atoms with Crippen molar-refractivity contribution in [1.29, 1.82) is 0 Å². The molecule has 1 heterocycles. The highest BCUT2D eigenvalue weighted by Crippen LogP contribution is 2.33. The van der Waals surface area contributed by atoms with Crippen LogP contribution in [0.2, 0.25) is 0 Å². The number of hydrogen-bond donors (Lipinski definition) is 0. The molecule has 0 amide bonds. The first-order valence-electron chi connectivity index (χ1n) is 7.43. The predicted molar refractivity (Wildman–Crippen MR) is 83.7 cm³/mol. The Morgan fingerprint density at radius 3 is 2.25 bits per heavy atom. The van der Waals surface area contributed by atoms with Gasteiger partial charge in [-0.25, -0.2) is 0 Å². The van der Waals surface area contributed by atoms with Gasteiger partial charge in [-0.2, -0.15) is 0 Å². The molecule has 1 saturated heterocycles. The fourth-order valence-electron chi connectivity index (χ4n) is 3.20. The Kier molecular flexibility index (Phi) is 3.62. The molecule has 2 aromatic carbocycles. The molecular formula is C19H22O. The number of hydrogen-bond acceptors (Lipinski definition) is 1. The van der Waals surface area contributed by atoms with Gasteiger partial charge in [0.05, 0.1) is 5.60 Å². The van der Waals surface area contributed by atoms with Crippen LogP contribution in [0.3, 0.4) is 0 Å². The Morgan fingerprint density at radius 2 is 1.65 bits per heavy atom. The first-order chi connectivity index (χ1) is 9.65. The summed E-state index contributed by atoms with van der Waals surface area (Å²) >= 11 is 0. The molecular weight excluding hydrogens is 244 g/mol. The first-order valence-corrected chi connectivity index (χ1v) is 7.43. The van der Waals surface area contributed by atoms with E-state index in [1.807, 2.05) is 0 Å². The van der Waals surface area contributed by atoms with Gasteiger partial charge in [0.25, 0.3) is 0 Å². The van der Waals surface area contributed by atoms with E-state index >= 15 is 0 Å². The van der Waals surface area contributed by atoms with Crippen LogP contribution >= 0.6 is 0 Å². The summed E-state index contributed by atoms with van der Waals surface area (Å²) in [5.41, 5.74) is 3.94. The zero-order valence-electron chi connectivity index (χ0n) is 12.3. The predicted octanol–water partition coefficient (Wildman–Crippen LogP) is 4.71. The minimum Gasteiger partial charge on any atom is -0.375 e. The number of benzene rings is 2. The molecule has 1 fully saturated rings. The fourth-order valence-corrected chi connectivity index (χ4v) is 3.20. The topological polar surface area (TPSA) is 9.23 Å². The molecule has 1 aliphatic rings. The van der Waals surface area contributed by atoms with Gasteiger partial charge >= 0.3 is 0 Å². The SMILES string of the molecule is C[C@@H]1CO[C@](C)(Cc2ccc(-c3ccccc3)cc2)C1. The highest BCUT2D eigenvalue weighted by atomic mass is 16.5. The molecule has 2 aromatic rings. The van der Waals surface area contributed by atoms with E-state index in [2.05, 4.69) is 68.4 Å². The average molecular weight is 266 g/mol. The molecule has 1 heteroatoms. The van der Waals surface area contributed by atoms with Crippen LogP contribution in [0.5, 0.6) is 0 Å². The van der Waals surface area contributed by atoms with E-state index in [1.165, 1.54) is 16.7 Å². The smallest absolute Gasteiger partial charge is 0.0698 e. The van der Waals surface area contributed by atoms with E-state index in [9.17, 15) is 0 Å². The molecule has 0 bridgehead atoms. The van der Waals surface area contributed by atoms with Crippen molar-refractivity contribution in [2.75, 3.05) is 6.61 Å². The van der Waals surface area contributed by atoms with E-state index in [0.717, 1.165) is 19.4 Å². The van der Waals surface area contributed by atoms with Crippen molar-refractivity contribution in [3.8, 4) is 11.1 Å². The molecule has 3 rings (SSSR count). The highest BCUT2D eigenvalue weighted by Gasteiger charge is 2.34. The number of rotatable bonds is 3. The van der Waals surface area contributed by atoms with Crippen LogP contribution in [0.25, 0.3) is 11.1 Å². The highest BCUT2D eigenvalue weighted by molar-refractivity contribution is 5.63. The van der Waals surface area contributed by atoms with E-state index in [1.54, 1.807) is 0 Å². The molecule has 2 atom stereocenters. The zero-order valence-corrected chi connectivity index (χ0v) is 12.3. The maximum absolute atomic E-state index is 5.97. The van der Waals surface area contributed by atoms with Gasteiger partial charge in [-0.3, -0.25) is 0 Å². The van der Waals surface area contributed by atoms with Gasteiger partial charge in [0.15, 0.2) is 0 Å². The lowest BCUT2D eigenvalue weighted by Gasteiger charge is -2.23. The van der Waals surface area contributed by atoms with E-state index < -0.39 is 0 Å². The van der Waals surface area contributed by atoms with Gasteiger partial charge in [0.2, 0.25) is 0 Å². The minimum absolute atomic E-state index is 0.0215. The van der Waals surface area contributed by atoms with Gasteiger partial charge in [-0.05, 0) is 36.0 Å². The Labute approximate surface area is 121 Å². The number of ether oxygens (including phenoxy) is 1. The third-order valence-corrected chi connectivity index (χ3v) is 4.14. The zero-order chi connectivity index (χ0) is 14.0. The van der Waals surface area contributed by atoms with Crippen molar-refractivity contribution in [3.05, 3.63) is 60.2 Å². The van der Waals surface area contributed by atoms with Crippen molar-refractivity contribution in [2.45, 2.75) is 32.3 Å². The molecule has 20 heavy (non-hydrogen) atoms. The Morgan fingerprint density at radius 1 is 1.00 bits per heavy atom. The Bertz CT molecular complexity index is 558. The second kappa shape index (κ2) is 5.41. The minimum atomic E-state index is 0.0215. The molecule has 0 aromatic heterocycles. The second-order valence-electron chi connectivity index (χ2n) is 6.31. The Hall–Kier alpha value is -1.60. The van der Waals surface area contributed by atoms with Crippen molar-refractivity contribution < 1.29 is 4.74 Å². The molecule has 1 nitrogen and oxygen atoms in total. The van der Waals surface area contributed by atoms with Gasteiger partial charge in [0.1, 0.15) is 0 Å².